The smallest absolute Gasteiger partial charge is 0.341 e. The Labute approximate surface area is 76.6 Å². The molecule has 0 atom stereocenters. The van der Waals surface area contributed by atoms with E-state index < -0.39 is 0 Å². The summed E-state index contributed by atoms with van der Waals surface area (Å²) in [5, 5.41) is 0. The Morgan fingerprint density at radius 2 is 0.778 bits per heavy atom. The molecule has 52 valence electrons. The van der Waals surface area contributed by atoms with Crippen molar-refractivity contribution in [2.45, 2.75) is 27.7 Å². The summed E-state index contributed by atoms with van der Waals surface area (Å²) in [5.41, 5.74) is 0. The largest absolute Gasteiger partial charge is 2.00 e. The normalized spacial score (nSPS) is 8.00. The Morgan fingerprint density at radius 3 is 0.778 bits per heavy atom. The first-order valence-electron chi connectivity index (χ1n) is 3.13. The predicted octanol–water partition coefficient (Wildman–Crippen LogP) is 2.57. The van der Waals surface area contributed by atoms with Gasteiger partial charge in [-0.15, -0.1) is 0 Å². The summed E-state index contributed by atoms with van der Waals surface area (Å²) in [6.45, 7) is 15.5. The molecule has 0 aliphatic carbocycles. The van der Waals surface area contributed by atoms with Gasteiger partial charge in [0, 0.05) is 0 Å². The summed E-state index contributed by atoms with van der Waals surface area (Å²) in [5.74, 6) is 1.17. The van der Waals surface area contributed by atoms with Crippen LogP contribution in [0.4, 0.5) is 0 Å². The van der Waals surface area contributed by atoms with E-state index in [1.54, 1.807) is 0 Å². The molecule has 0 bridgehead atoms. The maximum absolute atomic E-state index is 3.64. The molecule has 0 nitrogen and oxygen atoms in total. The molecular formula is C8H18Mg. The zero-order chi connectivity index (χ0) is 7.15. The van der Waals surface area contributed by atoms with E-state index in [1.807, 2.05) is 0 Å². The molecule has 0 spiro atoms. The number of hydrogen-bond acceptors (Lipinski definition) is 0. The van der Waals surface area contributed by atoms with Crippen molar-refractivity contribution in [3.63, 3.8) is 0 Å². The fourth-order valence-corrected chi connectivity index (χ4v) is 0. The van der Waals surface area contributed by atoms with Crippen LogP contribution in [-0.4, -0.2) is 23.1 Å². The van der Waals surface area contributed by atoms with Gasteiger partial charge in [0.1, 0.15) is 0 Å². The van der Waals surface area contributed by atoms with Crippen LogP contribution in [0.25, 0.3) is 0 Å². The maximum atomic E-state index is 3.64. The van der Waals surface area contributed by atoms with Crippen molar-refractivity contribution >= 4 is 23.1 Å². The second-order valence-corrected chi connectivity index (χ2v) is 2.79. The monoisotopic (exact) mass is 138 g/mol. The molecule has 0 saturated heterocycles. The third kappa shape index (κ3) is 684. The van der Waals surface area contributed by atoms with Crippen LogP contribution in [0.2, 0.25) is 0 Å². The summed E-state index contributed by atoms with van der Waals surface area (Å²) in [7, 11) is 0. The SMILES string of the molecule is [CH2-]C(C)C.[CH2-]C(C)C.[Mg+2]. The van der Waals surface area contributed by atoms with Gasteiger partial charge in [-0.05, 0) is 0 Å². The minimum Gasteiger partial charge on any atom is -0.341 e. The van der Waals surface area contributed by atoms with E-state index in [0.29, 0.717) is 11.8 Å². The fourth-order valence-electron chi connectivity index (χ4n) is 0. The molecule has 0 saturated carbocycles. The van der Waals surface area contributed by atoms with E-state index >= 15 is 0 Å². The average Bonchev–Trinajstić information content (AvgIpc) is 1.25. The zero-order valence-electron chi connectivity index (χ0n) is 7.28. The van der Waals surface area contributed by atoms with Crippen molar-refractivity contribution in [2.24, 2.45) is 11.8 Å². The predicted molar refractivity (Wildman–Crippen MR) is 46.1 cm³/mol. The van der Waals surface area contributed by atoms with Crippen LogP contribution in [0.5, 0.6) is 0 Å². The Balaban J connectivity index is -0.0000000720. The van der Waals surface area contributed by atoms with Crippen molar-refractivity contribution < 1.29 is 0 Å². The summed E-state index contributed by atoms with van der Waals surface area (Å²) >= 11 is 0. The molecule has 0 N–H and O–H groups in total. The molecule has 0 unspecified atom stereocenters. The topological polar surface area (TPSA) is 0 Å². The van der Waals surface area contributed by atoms with E-state index in [4.69, 9.17) is 0 Å². The van der Waals surface area contributed by atoms with E-state index in [-0.39, 0.29) is 23.1 Å². The minimum absolute atomic E-state index is 0. The van der Waals surface area contributed by atoms with E-state index in [0.717, 1.165) is 0 Å². The first kappa shape index (κ1) is 16.4. The first-order chi connectivity index (χ1) is 3.46. The molecule has 0 rings (SSSR count). The Hall–Kier alpha value is 0.766. The standard InChI is InChI=1S/2C4H9.Mg/c2*1-4(2)3;/h2*4H,1H2,2-3H3;/q2*-1;+2. The van der Waals surface area contributed by atoms with Gasteiger partial charge in [0.05, 0.1) is 0 Å². The van der Waals surface area contributed by atoms with E-state index in [2.05, 4.69) is 41.5 Å². The van der Waals surface area contributed by atoms with Gasteiger partial charge in [-0.25, -0.2) is 0 Å². The van der Waals surface area contributed by atoms with Gasteiger partial charge in [-0.3, -0.25) is 0 Å². The van der Waals surface area contributed by atoms with Crippen molar-refractivity contribution in [3.8, 4) is 0 Å². The van der Waals surface area contributed by atoms with Crippen molar-refractivity contribution in [1.29, 1.82) is 0 Å². The number of hydrogen-bond donors (Lipinski definition) is 0. The van der Waals surface area contributed by atoms with E-state index in [1.165, 1.54) is 0 Å². The first-order valence-corrected chi connectivity index (χ1v) is 3.13. The van der Waals surface area contributed by atoms with Crippen LogP contribution in [0.3, 0.4) is 0 Å². The van der Waals surface area contributed by atoms with Crippen LogP contribution in [-0.2, 0) is 0 Å². The second-order valence-electron chi connectivity index (χ2n) is 2.79. The van der Waals surface area contributed by atoms with Gasteiger partial charge in [-0.2, -0.15) is 11.8 Å². The van der Waals surface area contributed by atoms with Crippen LogP contribution in [0.1, 0.15) is 27.7 Å². The summed E-state index contributed by atoms with van der Waals surface area (Å²) < 4.78 is 0. The fraction of sp³-hybridized carbons (Fsp3) is 0.750. The zero-order valence-corrected chi connectivity index (χ0v) is 8.69. The van der Waals surface area contributed by atoms with Gasteiger partial charge in [0.15, 0.2) is 0 Å². The second kappa shape index (κ2) is 11.5. The van der Waals surface area contributed by atoms with Gasteiger partial charge >= 0.3 is 23.1 Å². The van der Waals surface area contributed by atoms with Gasteiger partial charge in [0.25, 0.3) is 0 Å². The van der Waals surface area contributed by atoms with Crippen molar-refractivity contribution in [1.82, 2.24) is 0 Å². The molecule has 0 amide bonds. The van der Waals surface area contributed by atoms with Gasteiger partial charge in [-0.1, -0.05) is 27.7 Å². The molecule has 1 heteroatoms. The average molecular weight is 139 g/mol. The Morgan fingerprint density at radius 1 is 0.778 bits per heavy atom. The molecule has 0 aliphatic heterocycles. The minimum atomic E-state index is 0. The van der Waals surface area contributed by atoms with Crippen LogP contribution in [0.15, 0.2) is 0 Å². The molecule has 0 radical (unpaired) electrons. The van der Waals surface area contributed by atoms with Crippen molar-refractivity contribution in [3.05, 3.63) is 13.8 Å². The van der Waals surface area contributed by atoms with Gasteiger partial charge in [0.2, 0.25) is 0 Å². The number of rotatable bonds is 0. The Kier molecular flexibility index (Phi) is 21.0. The molecule has 9 heavy (non-hydrogen) atoms. The third-order valence-corrected chi connectivity index (χ3v) is 0. The molecular weight excluding hydrogens is 120 g/mol. The molecule has 0 aromatic heterocycles. The third-order valence-electron chi connectivity index (χ3n) is 0. The van der Waals surface area contributed by atoms with E-state index in [9.17, 15) is 0 Å². The molecule has 0 fully saturated rings. The summed E-state index contributed by atoms with van der Waals surface area (Å²) in [6, 6.07) is 0. The van der Waals surface area contributed by atoms with Crippen molar-refractivity contribution in [2.75, 3.05) is 0 Å². The molecule has 0 heterocycles. The quantitative estimate of drug-likeness (QED) is 0.357. The molecule has 0 aliphatic rings. The van der Waals surface area contributed by atoms with Gasteiger partial charge < -0.3 is 13.8 Å². The summed E-state index contributed by atoms with van der Waals surface area (Å²) in [4.78, 5) is 0. The summed E-state index contributed by atoms with van der Waals surface area (Å²) in [6.07, 6.45) is 0. The molecule has 0 aromatic rings. The maximum Gasteiger partial charge on any atom is 2.00 e. The van der Waals surface area contributed by atoms with Crippen LogP contribution < -0.4 is 0 Å². The molecule has 0 aromatic carbocycles. The van der Waals surface area contributed by atoms with Crippen LogP contribution in [0, 0.1) is 25.7 Å². The Bertz CT molecular complexity index is 20.0. The van der Waals surface area contributed by atoms with Crippen LogP contribution >= 0.6 is 0 Å².